The summed E-state index contributed by atoms with van der Waals surface area (Å²) >= 11 is 3.76. The summed E-state index contributed by atoms with van der Waals surface area (Å²) < 4.78 is 6.74. The van der Waals surface area contributed by atoms with Crippen LogP contribution in [0, 0.1) is 0 Å². The maximum atomic E-state index is 5.32. The summed E-state index contributed by atoms with van der Waals surface area (Å²) in [5, 5.41) is 5.72. The van der Waals surface area contributed by atoms with E-state index in [4.69, 9.17) is 4.74 Å². The summed E-state index contributed by atoms with van der Waals surface area (Å²) in [5.41, 5.74) is 0. The van der Waals surface area contributed by atoms with Gasteiger partial charge in [0.05, 0.1) is 4.21 Å². The average Bonchev–Trinajstić information content (AvgIpc) is 2.79. The van der Waals surface area contributed by atoms with E-state index in [9.17, 15) is 0 Å². The molecule has 1 aliphatic rings. The lowest BCUT2D eigenvalue weighted by Crippen LogP contribution is -2.35. The van der Waals surface area contributed by atoms with E-state index in [0.717, 1.165) is 25.5 Å². The lowest BCUT2D eigenvalue weighted by molar-refractivity contribution is 0.0786. The van der Waals surface area contributed by atoms with Gasteiger partial charge in [0, 0.05) is 31.6 Å². The van der Waals surface area contributed by atoms with E-state index in [0.29, 0.717) is 6.04 Å². The SMILES string of the molecule is c1csc(SCCNC2CCOCC2)c1. The van der Waals surface area contributed by atoms with Crippen molar-refractivity contribution in [1.29, 1.82) is 0 Å². The lowest BCUT2D eigenvalue weighted by Gasteiger charge is -2.22. The van der Waals surface area contributed by atoms with Crippen LogP contribution in [0.25, 0.3) is 0 Å². The molecule has 2 heterocycles. The summed E-state index contributed by atoms with van der Waals surface area (Å²) in [6.45, 7) is 2.96. The van der Waals surface area contributed by atoms with E-state index in [-0.39, 0.29) is 0 Å². The number of hydrogen-bond donors (Lipinski definition) is 1. The Labute approximate surface area is 99.4 Å². The normalized spacial score (nSPS) is 18.1. The highest BCUT2D eigenvalue weighted by atomic mass is 32.2. The zero-order chi connectivity index (χ0) is 10.3. The number of hydrogen-bond acceptors (Lipinski definition) is 4. The van der Waals surface area contributed by atoms with Gasteiger partial charge in [-0.1, -0.05) is 6.07 Å². The molecule has 0 atom stereocenters. The highest BCUT2D eigenvalue weighted by Gasteiger charge is 2.11. The lowest BCUT2D eigenvalue weighted by atomic mass is 10.1. The van der Waals surface area contributed by atoms with Crippen LogP contribution in [0.4, 0.5) is 0 Å². The Morgan fingerprint density at radius 3 is 3.07 bits per heavy atom. The molecule has 2 nitrogen and oxygen atoms in total. The van der Waals surface area contributed by atoms with Crippen molar-refractivity contribution in [2.45, 2.75) is 23.1 Å². The Balaban J connectivity index is 1.54. The maximum absolute atomic E-state index is 5.32. The number of ether oxygens (including phenoxy) is 1. The fourth-order valence-electron chi connectivity index (χ4n) is 1.66. The molecule has 0 aromatic carbocycles. The summed E-state index contributed by atoms with van der Waals surface area (Å²) in [7, 11) is 0. The van der Waals surface area contributed by atoms with Crippen molar-refractivity contribution >= 4 is 23.1 Å². The first-order chi connectivity index (χ1) is 7.45. The van der Waals surface area contributed by atoms with Crippen molar-refractivity contribution in [2.24, 2.45) is 0 Å². The largest absolute Gasteiger partial charge is 0.381 e. The predicted octanol–water partition coefficient (Wildman–Crippen LogP) is 2.61. The second kappa shape index (κ2) is 6.53. The van der Waals surface area contributed by atoms with Gasteiger partial charge in [0.2, 0.25) is 0 Å². The highest BCUT2D eigenvalue weighted by molar-refractivity contribution is 8.01. The summed E-state index contributed by atoms with van der Waals surface area (Å²) in [5.74, 6) is 1.16. The molecule has 1 saturated heterocycles. The molecule has 0 radical (unpaired) electrons. The van der Waals surface area contributed by atoms with Crippen LogP contribution in [0.15, 0.2) is 21.7 Å². The van der Waals surface area contributed by atoms with Crippen LogP contribution in [0.3, 0.4) is 0 Å². The standard InChI is InChI=1S/C11H17NOS2/c1-2-11(14-8-1)15-9-5-12-10-3-6-13-7-4-10/h1-2,8,10,12H,3-7,9H2. The van der Waals surface area contributed by atoms with Gasteiger partial charge in [-0.15, -0.1) is 23.1 Å². The molecule has 1 aliphatic heterocycles. The van der Waals surface area contributed by atoms with Gasteiger partial charge in [-0.3, -0.25) is 0 Å². The highest BCUT2D eigenvalue weighted by Crippen LogP contribution is 2.22. The zero-order valence-corrected chi connectivity index (χ0v) is 10.4. The van der Waals surface area contributed by atoms with Gasteiger partial charge >= 0.3 is 0 Å². The molecular weight excluding hydrogens is 226 g/mol. The molecule has 0 amide bonds. The minimum absolute atomic E-state index is 0.683. The second-order valence-corrected chi connectivity index (χ2v) is 5.96. The smallest absolute Gasteiger partial charge is 0.0598 e. The van der Waals surface area contributed by atoms with Crippen LogP contribution in [0.1, 0.15) is 12.8 Å². The van der Waals surface area contributed by atoms with Crippen molar-refractivity contribution in [1.82, 2.24) is 5.32 Å². The third-order valence-corrected chi connectivity index (χ3v) is 4.63. The molecule has 0 aliphatic carbocycles. The van der Waals surface area contributed by atoms with E-state index < -0.39 is 0 Å². The fourth-order valence-corrected chi connectivity index (χ4v) is 3.40. The Kier molecular flexibility index (Phi) is 4.99. The number of thioether (sulfide) groups is 1. The van der Waals surface area contributed by atoms with Crippen molar-refractivity contribution in [3.05, 3.63) is 17.5 Å². The van der Waals surface area contributed by atoms with Gasteiger partial charge in [-0.05, 0) is 24.3 Å². The maximum Gasteiger partial charge on any atom is 0.0598 e. The van der Waals surface area contributed by atoms with Gasteiger partial charge in [0.1, 0.15) is 0 Å². The van der Waals surface area contributed by atoms with Crippen molar-refractivity contribution in [3.63, 3.8) is 0 Å². The van der Waals surface area contributed by atoms with Crippen LogP contribution < -0.4 is 5.32 Å². The van der Waals surface area contributed by atoms with Crippen LogP contribution in [0.5, 0.6) is 0 Å². The summed E-state index contributed by atoms with van der Waals surface area (Å²) in [6, 6.07) is 4.98. The Hall–Kier alpha value is -0.0300. The molecular formula is C11H17NOS2. The number of thiophene rings is 1. The van der Waals surface area contributed by atoms with Crippen LogP contribution in [0.2, 0.25) is 0 Å². The van der Waals surface area contributed by atoms with Crippen molar-refractivity contribution < 1.29 is 4.74 Å². The molecule has 15 heavy (non-hydrogen) atoms. The second-order valence-electron chi connectivity index (χ2n) is 3.62. The first kappa shape index (κ1) is 11.5. The molecule has 2 rings (SSSR count). The average molecular weight is 243 g/mol. The van der Waals surface area contributed by atoms with E-state index in [1.807, 2.05) is 23.1 Å². The van der Waals surface area contributed by atoms with E-state index in [1.165, 1.54) is 17.1 Å². The third-order valence-electron chi connectivity index (χ3n) is 2.50. The molecule has 0 bridgehead atoms. The first-order valence-electron chi connectivity index (χ1n) is 5.42. The van der Waals surface area contributed by atoms with Gasteiger partial charge in [-0.25, -0.2) is 0 Å². The summed E-state index contributed by atoms with van der Waals surface area (Å²) in [6.07, 6.45) is 2.34. The van der Waals surface area contributed by atoms with E-state index in [1.54, 1.807) is 0 Å². The monoisotopic (exact) mass is 243 g/mol. The summed E-state index contributed by atoms with van der Waals surface area (Å²) in [4.78, 5) is 0. The minimum Gasteiger partial charge on any atom is -0.381 e. The molecule has 1 N–H and O–H groups in total. The molecule has 1 aromatic rings. The van der Waals surface area contributed by atoms with Crippen molar-refractivity contribution in [3.8, 4) is 0 Å². The fraction of sp³-hybridized carbons (Fsp3) is 0.636. The van der Waals surface area contributed by atoms with Crippen LogP contribution in [-0.4, -0.2) is 31.6 Å². The minimum atomic E-state index is 0.683. The Morgan fingerprint density at radius 1 is 1.47 bits per heavy atom. The quantitative estimate of drug-likeness (QED) is 0.634. The molecule has 1 aromatic heterocycles. The molecule has 0 saturated carbocycles. The van der Waals surface area contributed by atoms with Gasteiger partial charge in [-0.2, -0.15) is 0 Å². The number of nitrogens with one attached hydrogen (secondary N) is 1. The Morgan fingerprint density at radius 2 is 2.33 bits per heavy atom. The Bertz CT molecular complexity index is 258. The predicted molar refractivity (Wildman–Crippen MR) is 66.9 cm³/mol. The topological polar surface area (TPSA) is 21.3 Å². The van der Waals surface area contributed by atoms with Crippen LogP contribution >= 0.6 is 23.1 Å². The molecule has 4 heteroatoms. The van der Waals surface area contributed by atoms with E-state index >= 15 is 0 Å². The number of rotatable bonds is 5. The third kappa shape index (κ3) is 4.15. The molecule has 84 valence electrons. The molecule has 1 fully saturated rings. The van der Waals surface area contributed by atoms with Crippen molar-refractivity contribution in [2.75, 3.05) is 25.5 Å². The first-order valence-corrected chi connectivity index (χ1v) is 7.29. The van der Waals surface area contributed by atoms with Gasteiger partial charge < -0.3 is 10.1 Å². The zero-order valence-electron chi connectivity index (χ0n) is 8.78. The van der Waals surface area contributed by atoms with Gasteiger partial charge in [0.25, 0.3) is 0 Å². The molecule has 0 spiro atoms. The molecule has 0 unspecified atom stereocenters. The van der Waals surface area contributed by atoms with Gasteiger partial charge in [0.15, 0.2) is 0 Å². The van der Waals surface area contributed by atoms with Crippen LogP contribution in [-0.2, 0) is 4.74 Å². The van der Waals surface area contributed by atoms with E-state index in [2.05, 4.69) is 22.8 Å².